The van der Waals surface area contributed by atoms with E-state index in [4.69, 9.17) is 0 Å². The van der Waals surface area contributed by atoms with E-state index in [-0.39, 0.29) is 49.2 Å². The molecule has 2 fully saturated rings. The van der Waals surface area contributed by atoms with Gasteiger partial charge < -0.3 is 20.4 Å². The fraction of sp³-hybridized carbons (Fsp3) is 0.933. The first kappa shape index (κ1) is 25.5. The molecule has 2 aliphatic heterocycles. The molecule has 2 N–H and O–H groups in total. The zero-order valence-corrected chi connectivity index (χ0v) is 16.7. The smallest absolute Gasteiger partial charge is 0.237 e. The molecule has 0 aliphatic carbocycles. The van der Waals surface area contributed by atoms with Crippen molar-refractivity contribution in [1.82, 2.24) is 20.4 Å². The summed E-state index contributed by atoms with van der Waals surface area (Å²) in [5.74, 6) is 0.709. The van der Waals surface area contributed by atoms with Crippen LogP contribution in [0, 0.1) is 5.92 Å². The van der Waals surface area contributed by atoms with Gasteiger partial charge in [0, 0.05) is 39.3 Å². The van der Waals surface area contributed by atoms with Crippen molar-refractivity contribution in [3.05, 3.63) is 0 Å². The molecule has 8 heteroatoms. The molecule has 2 aliphatic rings. The second-order valence-electron chi connectivity index (χ2n) is 6.46. The Morgan fingerprint density at radius 3 is 2.39 bits per heavy atom. The van der Waals surface area contributed by atoms with Crippen LogP contribution in [0.2, 0.25) is 0 Å². The highest BCUT2D eigenvalue weighted by Crippen LogP contribution is 2.07. The van der Waals surface area contributed by atoms with Crippen LogP contribution >= 0.6 is 37.2 Å². The maximum absolute atomic E-state index is 12.0. The number of likely N-dealkylation sites (N-methyl/N-ethyl adjacent to an activating group) is 1. The Morgan fingerprint density at radius 1 is 1.17 bits per heavy atom. The molecule has 0 aromatic carbocycles. The minimum absolute atomic E-state index is 0. The highest BCUT2D eigenvalue weighted by molar-refractivity contribution is 5.86. The molecule has 0 aromatic rings. The van der Waals surface area contributed by atoms with Crippen LogP contribution in [-0.2, 0) is 4.79 Å². The van der Waals surface area contributed by atoms with E-state index >= 15 is 0 Å². The third-order valence-corrected chi connectivity index (χ3v) is 4.42. The van der Waals surface area contributed by atoms with E-state index < -0.39 is 0 Å². The third kappa shape index (κ3) is 9.32. The van der Waals surface area contributed by atoms with Gasteiger partial charge in [0.1, 0.15) is 0 Å². The number of hydrogen-bond acceptors (Lipinski definition) is 4. The molecule has 0 spiro atoms. The maximum Gasteiger partial charge on any atom is 0.237 e. The average Bonchev–Trinajstić information content (AvgIpc) is 2.48. The standard InChI is InChI=1S/C15H30N4O.3ClH/c1-13(12-19-9-7-18(2)8-10-19)11-17-15(20)14-5-3-4-6-16-14;;;/h13-14,16H,3-12H2,1-2H3,(H,17,20);3*1H/t13?,14-;;;/m1.../s1. The molecule has 0 saturated carbocycles. The molecule has 0 radical (unpaired) electrons. The van der Waals surface area contributed by atoms with Crippen LogP contribution in [0.25, 0.3) is 0 Å². The summed E-state index contributed by atoms with van der Waals surface area (Å²) in [5.41, 5.74) is 0. The summed E-state index contributed by atoms with van der Waals surface area (Å²) in [6.07, 6.45) is 3.35. The van der Waals surface area contributed by atoms with Gasteiger partial charge >= 0.3 is 0 Å². The second-order valence-corrected chi connectivity index (χ2v) is 6.46. The van der Waals surface area contributed by atoms with Gasteiger partial charge in [-0.05, 0) is 32.4 Å². The summed E-state index contributed by atoms with van der Waals surface area (Å²) in [5, 5.41) is 6.41. The molecular weight excluding hydrogens is 359 g/mol. The largest absolute Gasteiger partial charge is 0.354 e. The molecule has 2 heterocycles. The third-order valence-electron chi connectivity index (χ3n) is 4.42. The minimum atomic E-state index is 0. The Kier molecular flexibility index (Phi) is 14.9. The SMILES string of the molecule is CC(CNC(=O)[C@H]1CCCCN1)CN1CCN(C)CC1.Cl.Cl.Cl. The lowest BCUT2D eigenvalue weighted by atomic mass is 10.0. The first-order chi connectivity index (χ1) is 9.65. The number of piperazine rings is 1. The van der Waals surface area contributed by atoms with Crippen LogP contribution in [-0.4, -0.2) is 74.6 Å². The van der Waals surface area contributed by atoms with Crippen LogP contribution < -0.4 is 10.6 Å². The summed E-state index contributed by atoms with van der Waals surface area (Å²) in [6, 6.07) is 0.0413. The van der Waals surface area contributed by atoms with E-state index in [9.17, 15) is 4.79 Å². The number of carbonyl (C=O) groups is 1. The lowest BCUT2D eigenvalue weighted by Gasteiger charge is -2.34. The molecule has 0 aromatic heterocycles. The summed E-state index contributed by atoms with van der Waals surface area (Å²) in [6.45, 7) is 9.71. The van der Waals surface area contributed by atoms with Crippen molar-refractivity contribution in [2.75, 3.05) is 52.9 Å². The Hall–Kier alpha value is 0.220. The molecule has 0 bridgehead atoms. The van der Waals surface area contributed by atoms with Crippen molar-refractivity contribution in [1.29, 1.82) is 0 Å². The van der Waals surface area contributed by atoms with Gasteiger partial charge in [0.15, 0.2) is 0 Å². The number of nitrogens with one attached hydrogen (secondary N) is 2. The Bertz CT molecular complexity index is 309. The number of piperidine rings is 1. The molecule has 2 atom stereocenters. The fourth-order valence-corrected chi connectivity index (χ4v) is 3.01. The van der Waals surface area contributed by atoms with E-state index in [0.717, 1.165) is 52.2 Å². The normalized spacial score (nSPS) is 23.7. The van der Waals surface area contributed by atoms with E-state index in [2.05, 4.69) is 34.4 Å². The topological polar surface area (TPSA) is 47.6 Å². The predicted octanol–water partition coefficient (Wildman–Crippen LogP) is 1.39. The first-order valence-corrected chi connectivity index (χ1v) is 8.07. The van der Waals surface area contributed by atoms with Gasteiger partial charge in [-0.2, -0.15) is 0 Å². The molecule has 5 nitrogen and oxygen atoms in total. The number of halogens is 3. The second kappa shape index (κ2) is 13.5. The zero-order chi connectivity index (χ0) is 14.4. The van der Waals surface area contributed by atoms with Gasteiger partial charge in [0.2, 0.25) is 5.91 Å². The fourth-order valence-electron chi connectivity index (χ4n) is 3.01. The number of rotatable bonds is 5. The van der Waals surface area contributed by atoms with Gasteiger partial charge in [-0.25, -0.2) is 0 Å². The van der Waals surface area contributed by atoms with Gasteiger partial charge in [-0.15, -0.1) is 37.2 Å². The molecular formula is C15H33Cl3N4O. The summed E-state index contributed by atoms with van der Waals surface area (Å²) in [7, 11) is 2.18. The van der Waals surface area contributed by atoms with Gasteiger partial charge in [-0.3, -0.25) is 4.79 Å². The van der Waals surface area contributed by atoms with Crippen molar-refractivity contribution in [3.8, 4) is 0 Å². The summed E-state index contributed by atoms with van der Waals surface area (Å²) >= 11 is 0. The van der Waals surface area contributed by atoms with Crippen molar-refractivity contribution < 1.29 is 4.79 Å². The Morgan fingerprint density at radius 2 is 1.83 bits per heavy atom. The van der Waals surface area contributed by atoms with Crippen molar-refractivity contribution in [2.24, 2.45) is 5.92 Å². The molecule has 2 saturated heterocycles. The lowest BCUT2D eigenvalue weighted by molar-refractivity contribution is -0.123. The van der Waals surface area contributed by atoms with E-state index in [1.54, 1.807) is 0 Å². The van der Waals surface area contributed by atoms with Gasteiger partial charge in [0.25, 0.3) is 0 Å². The summed E-state index contributed by atoms with van der Waals surface area (Å²) in [4.78, 5) is 16.9. The predicted molar refractivity (Wildman–Crippen MR) is 103 cm³/mol. The summed E-state index contributed by atoms with van der Waals surface area (Å²) < 4.78 is 0. The molecule has 1 amide bonds. The lowest BCUT2D eigenvalue weighted by Crippen LogP contribution is -2.49. The quantitative estimate of drug-likeness (QED) is 0.743. The van der Waals surface area contributed by atoms with Crippen LogP contribution in [0.3, 0.4) is 0 Å². The van der Waals surface area contributed by atoms with E-state index in [1.807, 2.05) is 0 Å². The molecule has 1 unspecified atom stereocenters. The highest BCUT2D eigenvalue weighted by atomic mass is 35.5. The monoisotopic (exact) mass is 390 g/mol. The van der Waals surface area contributed by atoms with E-state index in [0.29, 0.717) is 5.92 Å². The first-order valence-electron chi connectivity index (χ1n) is 8.07. The van der Waals surface area contributed by atoms with Crippen LogP contribution in [0.1, 0.15) is 26.2 Å². The molecule has 23 heavy (non-hydrogen) atoms. The minimum Gasteiger partial charge on any atom is -0.354 e. The van der Waals surface area contributed by atoms with E-state index in [1.165, 1.54) is 12.8 Å². The Labute approximate surface area is 159 Å². The number of hydrogen-bond donors (Lipinski definition) is 2. The number of nitrogens with zero attached hydrogens (tertiary/aromatic N) is 2. The Balaban J connectivity index is 0. The average molecular weight is 392 g/mol. The van der Waals surface area contributed by atoms with Crippen LogP contribution in [0.5, 0.6) is 0 Å². The molecule has 140 valence electrons. The zero-order valence-electron chi connectivity index (χ0n) is 14.3. The number of amides is 1. The molecule has 2 rings (SSSR count). The van der Waals surface area contributed by atoms with Gasteiger partial charge in [-0.1, -0.05) is 13.3 Å². The number of carbonyl (C=O) groups excluding carboxylic acids is 1. The highest BCUT2D eigenvalue weighted by Gasteiger charge is 2.21. The van der Waals surface area contributed by atoms with Crippen molar-refractivity contribution >= 4 is 43.1 Å². The van der Waals surface area contributed by atoms with Crippen molar-refractivity contribution in [3.63, 3.8) is 0 Å². The van der Waals surface area contributed by atoms with Crippen molar-refractivity contribution in [2.45, 2.75) is 32.2 Å². The van der Waals surface area contributed by atoms with Crippen LogP contribution in [0.15, 0.2) is 0 Å². The van der Waals surface area contributed by atoms with Crippen LogP contribution in [0.4, 0.5) is 0 Å². The van der Waals surface area contributed by atoms with Gasteiger partial charge in [0.05, 0.1) is 6.04 Å². The maximum atomic E-state index is 12.0.